The summed E-state index contributed by atoms with van der Waals surface area (Å²) in [6.07, 6.45) is 0. The van der Waals surface area contributed by atoms with E-state index in [4.69, 9.17) is 10.5 Å². The quantitative estimate of drug-likeness (QED) is 0.680. The molecule has 0 bridgehead atoms. The van der Waals surface area contributed by atoms with Crippen molar-refractivity contribution in [1.82, 2.24) is 0 Å². The van der Waals surface area contributed by atoms with E-state index in [1.54, 1.807) is 0 Å². The SMILES string of the molecule is CC(=O)c1ccc(Oc2cccc(F)c2F)cc1N. The molecule has 0 fully saturated rings. The van der Waals surface area contributed by atoms with Gasteiger partial charge in [-0.1, -0.05) is 6.07 Å². The first-order chi connectivity index (χ1) is 8.99. The van der Waals surface area contributed by atoms with Crippen LogP contribution in [0.25, 0.3) is 0 Å². The maximum atomic E-state index is 13.4. The number of carbonyl (C=O) groups is 1. The molecule has 98 valence electrons. The minimum Gasteiger partial charge on any atom is -0.454 e. The highest BCUT2D eigenvalue weighted by Crippen LogP contribution is 2.28. The molecular formula is C14H11F2NO2. The molecule has 0 aliphatic carbocycles. The largest absolute Gasteiger partial charge is 0.454 e. The monoisotopic (exact) mass is 263 g/mol. The van der Waals surface area contributed by atoms with Crippen LogP contribution in [0.15, 0.2) is 36.4 Å². The first kappa shape index (κ1) is 13.0. The highest BCUT2D eigenvalue weighted by Gasteiger charge is 2.11. The van der Waals surface area contributed by atoms with Crippen LogP contribution in [-0.4, -0.2) is 5.78 Å². The molecule has 0 heterocycles. The van der Waals surface area contributed by atoms with E-state index in [-0.39, 0.29) is 23.0 Å². The smallest absolute Gasteiger partial charge is 0.201 e. The topological polar surface area (TPSA) is 52.3 Å². The zero-order chi connectivity index (χ0) is 14.0. The van der Waals surface area contributed by atoms with Gasteiger partial charge in [0.05, 0.1) is 0 Å². The molecule has 0 aliphatic rings. The van der Waals surface area contributed by atoms with Gasteiger partial charge in [0.25, 0.3) is 0 Å². The Balaban J connectivity index is 2.32. The predicted molar refractivity (Wildman–Crippen MR) is 67.3 cm³/mol. The molecule has 0 saturated carbocycles. The molecule has 2 rings (SSSR count). The molecule has 2 aromatic rings. The number of benzene rings is 2. The van der Waals surface area contributed by atoms with Crippen molar-refractivity contribution in [2.75, 3.05) is 5.73 Å². The van der Waals surface area contributed by atoms with Gasteiger partial charge >= 0.3 is 0 Å². The molecule has 5 heteroatoms. The number of carbonyl (C=O) groups excluding carboxylic acids is 1. The summed E-state index contributed by atoms with van der Waals surface area (Å²) in [4.78, 5) is 11.2. The fourth-order valence-corrected chi connectivity index (χ4v) is 1.61. The second-order valence-electron chi connectivity index (χ2n) is 3.96. The number of halogens is 2. The van der Waals surface area contributed by atoms with E-state index in [9.17, 15) is 13.6 Å². The third-order valence-electron chi connectivity index (χ3n) is 2.55. The van der Waals surface area contributed by atoms with Gasteiger partial charge in [-0.2, -0.15) is 4.39 Å². The Labute approximate surface area is 108 Å². The molecule has 0 saturated heterocycles. The Morgan fingerprint density at radius 2 is 1.95 bits per heavy atom. The Morgan fingerprint density at radius 1 is 1.21 bits per heavy atom. The normalized spacial score (nSPS) is 10.3. The number of ether oxygens (including phenoxy) is 1. The van der Waals surface area contributed by atoms with Gasteiger partial charge in [0.2, 0.25) is 5.82 Å². The average Bonchev–Trinajstić information content (AvgIpc) is 2.34. The lowest BCUT2D eigenvalue weighted by molar-refractivity contribution is 0.101. The van der Waals surface area contributed by atoms with E-state index in [1.807, 2.05) is 0 Å². The number of nitrogens with two attached hydrogens (primary N) is 1. The molecule has 2 N–H and O–H groups in total. The van der Waals surface area contributed by atoms with Gasteiger partial charge in [-0.15, -0.1) is 0 Å². The predicted octanol–water partition coefficient (Wildman–Crippen LogP) is 3.54. The van der Waals surface area contributed by atoms with Gasteiger partial charge in [-0.05, 0) is 31.2 Å². The number of hydrogen-bond acceptors (Lipinski definition) is 3. The molecule has 19 heavy (non-hydrogen) atoms. The third-order valence-corrected chi connectivity index (χ3v) is 2.55. The van der Waals surface area contributed by atoms with Crippen LogP contribution in [0.5, 0.6) is 11.5 Å². The maximum absolute atomic E-state index is 13.4. The zero-order valence-electron chi connectivity index (χ0n) is 10.1. The van der Waals surface area contributed by atoms with Crippen LogP contribution in [-0.2, 0) is 0 Å². The van der Waals surface area contributed by atoms with Crippen LogP contribution in [0.3, 0.4) is 0 Å². The van der Waals surface area contributed by atoms with Crippen molar-refractivity contribution in [3.63, 3.8) is 0 Å². The van der Waals surface area contributed by atoms with Gasteiger partial charge in [0.1, 0.15) is 5.75 Å². The molecule has 0 amide bonds. The van der Waals surface area contributed by atoms with Gasteiger partial charge in [-0.3, -0.25) is 4.79 Å². The minimum atomic E-state index is -1.07. The van der Waals surface area contributed by atoms with Crippen molar-refractivity contribution in [1.29, 1.82) is 0 Å². The summed E-state index contributed by atoms with van der Waals surface area (Å²) >= 11 is 0. The van der Waals surface area contributed by atoms with Crippen molar-refractivity contribution in [2.24, 2.45) is 0 Å². The molecular weight excluding hydrogens is 252 g/mol. The molecule has 3 nitrogen and oxygen atoms in total. The summed E-state index contributed by atoms with van der Waals surface area (Å²) in [5.74, 6) is -2.26. The standard InChI is InChI=1S/C14H11F2NO2/c1-8(18)10-6-5-9(7-12(10)17)19-13-4-2-3-11(15)14(13)16/h2-7H,17H2,1H3. The van der Waals surface area contributed by atoms with Crippen molar-refractivity contribution < 1.29 is 18.3 Å². The van der Waals surface area contributed by atoms with E-state index >= 15 is 0 Å². The van der Waals surface area contributed by atoms with Crippen LogP contribution in [0.4, 0.5) is 14.5 Å². The summed E-state index contributed by atoms with van der Waals surface area (Å²) in [6, 6.07) is 7.96. The van der Waals surface area contributed by atoms with E-state index in [0.29, 0.717) is 5.56 Å². The number of Topliss-reactive ketones (excluding diaryl/α,β-unsaturated/α-hetero) is 1. The van der Waals surface area contributed by atoms with E-state index < -0.39 is 11.6 Å². The number of hydrogen-bond donors (Lipinski definition) is 1. The van der Waals surface area contributed by atoms with Gasteiger partial charge in [-0.25, -0.2) is 4.39 Å². The lowest BCUT2D eigenvalue weighted by Crippen LogP contribution is -2.00. The van der Waals surface area contributed by atoms with E-state index in [0.717, 1.165) is 6.07 Å². The molecule has 0 spiro atoms. The van der Waals surface area contributed by atoms with Crippen molar-refractivity contribution in [3.8, 4) is 11.5 Å². The number of nitrogen functional groups attached to an aromatic ring is 1. The Kier molecular flexibility index (Phi) is 3.46. The van der Waals surface area contributed by atoms with Gasteiger partial charge in [0, 0.05) is 17.3 Å². The number of anilines is 1. The fourth-order valence-electron chi connectivity index (χ4n) is 1.61. The Morgan fingerprint density at radius 3 is 2.58 bits per heavy atom. The molecule has 0 unspecified atom stereocenters. The third kappa shape index (κ3) is 2.70. The molecule has 0 atom stereocenters. The highest BCUT2D eigenvalue weighted by atomic mass is 19.2. The first-order valence-corrected chi connectivity index (χ1v) is 5.51. The van der Waals surface area contributed by atoms with E-state index in [2.05, 4.69) is 0 Å². The summed E-state index contributed by atoms with van der Waals surface area (Å²) in [5, 5.41) is 0. The average molecular weight is 263 g/mol. The molecule has 0 aliphatic heterocycles. The summed E-state index contributed by atoms with van der Waals surface area (Å²) < 4.78 is 31.6. The van der Waals surface area contributed by atoms with Crippen molar-refractivity contribution >= 4 is 11.5 Å². The molecule has 2 aromatic carbocycles. The lowest BCUT2D eigenvalue weighted by Gasteiger charge is -2.09. The van der Waals surface area contributed by atoms with Gasteiger partial charge < -0.3 is 10.5 Å². The summed E-state index contributed by atoms with van der Waals surface area (Å²) in [6.45, 7) is 1.39. The Hall–Kier alpha value is -2.43. The Bertz CT molecular complexity index is 641. The second-order valence-corrected chi connectivity index (χ2v) is 3.96. The molecule has 0 aromatic heterocycles. The highest BCUT2D eigenvalue weighted by molar-refractivity contribution is 5.99. The molecule has 0 radical (unpaired) electrons. The van der Waals surface area contributed by atoms with Crippen LogP contribution < -0.4 is 10.5 Å². The van der Waals surface area contributed by atoms with Crippen molar-refractivity contribution in [2.45, 2.75) is 6.92 Å². The summed E-state index contributed by atoms with van der Waals surface area (Å²) in [7, 11) is 0. The maximum Gasteiger partial charge on any atom is 0.201 e. The summed E-state index contributed by atoms with van der Waals surface area (Å²) in [5.41, 5.74) is 6.25. The van der Waals surface area contributed by atoms with Crippen LogP contribution in [0.2, 0.25) is 0 Å². The van der Waals surface area contributed by atoms with Crippen LogP contribution >= 0.6 is 0 Å². The second kappa shape index (κ2) is 5.06. The number of rotatable bonds is 3. The van der Waals surface area contributed by atoms with E-state index in [1.165, 1.54) is 37.3 Å². The van der Waals surface area contributed by atoms with Crippen molar-refractivity contribution in [3.05, 3.63) is 53.6 Å². The lowest BCUT2D eigenvalue weighted by atomic mass is 10.1. The van der Waals surface area contributed by atoms with Gasteiger partial charge in [0.15, 0.2) is 17.3 Å². The fraction of sp³-hybridized carbons (Fsp3) is 0.0714. The zero-order valence-corrected chi connectivity index (χ0v) is 10.1. The van der Waals surface area contributed by atoms with Crippen LogP contribution in [0.1, 0.15) is 17.3 Å². The number of ketones is 1. The minimum absolute atomic E-state index is 0.180. The van der Waals surface area contributed by atoms with Crippen LogP contribution in [0, 0.1) is 11.6 Å². The first-order valence-electron chi connectivity index (χ1n) is 5.51.